The summed E-state index contributed by atoms with van der Waals surface area (Å²) in [6.07, 6.45) is 2.08. The summed E-state index contributed by atoms with van der Waals surface area (Å²) in [6.45, 7) is 7.50. The molecule has 0 amide bonds. The number of hydrogen-bond acceptors (Lipinski definition) is 4. The molecule has 0 bridgehead atoms. The number of likely N-dealkylation sites (N-methyl/N-ethyl adjacent to an activating group) is 1. The Labute approximate surface area is 112 Å². The first-order chi connectivity index (χ1) is 9.08. The molecule has 0 fully saturated rings. The molecule has 2 N–H and O–H groups in total. The highest BCUT2D eigenvalue weighted by Crippen LogP contribution is 2.13. The lowest BCUT2D eigenvalue weighted by molar-refractivity contribution is 0.0697. The molecule has 6 heteroatoms. The van der Waals surface area contributed by atoms with Crippen molar-refractivity contribution in [3.05, 3.63) is 23.6 Å². The first-order valence-electron chi connectivity index (χ1n) is 6.43. The molecule has 0 radical (unpaired) electrons. The zero-order valence-electron chi connectivity index (χ0n) is 11.3. The number of carboxylic acids is 1. The molecular weight excluding hydrogens is 249 g/mol. The van der Waals surface area contributed by atoms with E-state index in [0.29, 0.717) is 6.54 Å². The molecule has 19 heavy (non-hydrogen) atoms. The Balaban J connectivity index is 2.60. The van der Waals surface area contributed by atoms with Crippen molar-refractivity contribution in [3.63, 3.8) is 0 Å². The van der Waals surface area contributed by atoms with Crippen LogP contribution in [0.5, 0.6) is 0 Å². The molecule has 106 valence electrons. The van der Waals surface area contributed by atoms with Crippen molar-refractivity contribution in [2.45, 2.75) is 20.3 Å². The summed E-state index contributed by atoms with van der Waals surface area (Å²) in [5.74, 6) is -1.62. The van der Waals surface area contributed by atoms with E-state index in [4.69, 9.17) is 5.11 Å². The van der Waals surface area contributed by atoms with Crippen molar-refractivity contribution in [3.8, 4) is 0 Å². The van der Waals surface area contributed by atoms with Crippen LogP contribution in [0.2, 0.25) is 0 Å². The van der Waals surface area contributed by atoms with Crippen LogP contribution in [0.1, 0.15) is 30.6 Å². The minimum atomic E-state index is -1.18. The SMILES string of the molecule is CCCN(CC)CCNc1ncc(F)cc1C(=O)O. The van der Waals surface area contributed by atoms with Crippen LogP contribution in [0.3, 0.4) is 0 Å². The Morgan fingerprint density at radius 2 is 2.21 bits per heavy atom. The van der Waals surface area contributed by atoms with Gasteiger partial charge >= 0.3 is 5.97 Å². The highest BCUT2D eigenvalue weighted by Gasteiger charge is 2.12. The molecule has 0 atom stereocenters. The predicted octanol–water partition coefficient (Wildman–Crippen LogP) is 2.06. The number of rotatable bonds is 8. The summed E-state index contributed by atoms with van der Waals surface area (Å²) < 4.78 is 13.0. The van der Waals surface area contributed by atoms with Crippen molar-refractivity contribution in [1.29, 1.82) is 0 Å². The Bertz CT molecular complexity index is 426. The summed E-state index contributed by atoms with van der Waals surface area (Å²) in [5.41, 5.74) is -0.140. The average Bonchev–Trinajstić information content (AvgIpc) is 2.39. The number of nitrogens with one attached hydrogen (secondary N) is 1. The zero-order valence-corrected chi connectivity index (χ0v) is 11.3. The number of carbonyl (C=O) groups is 1. The van der Waals surface area contributed by atoms with Gasteiger partial charge in [0.15, 0.2) is 0 Å². The van der Waals surface area contributed by atoms with Crippen LogP contribution in [0.15, 0.2) is 12.3 Å². The van der Waals surface area contributed by atoms with Crippen LogP contribution in [0.25, 0.3) is 0 Å². The molecule has 0 aliphatic carbocycles. The molecule has 0 saturated heterocycles. The Kier molecular flexibility index (Phi) is 6.21. The van der Waals surface area contributed by atoms with E-state index in [1.54, 1.807) is 0 Å². The Hall–Kier alpha value is -1.69. The fraction of sp³-hybridized carbons (Fsp3) is 0.538. The van der Waals surface area contributed by atoms with E-state index in [1.807, 2.05) is 0 Å². The first kappa shape index (κ1) is 15.4. The van der Waals surface area contributed by atoms with E-state index < -0.39 is 11.8 Å². The van der Waals surface area contributed by atoms with Gasteiger partial charge < -0.3 is 15.3 Å². The summed E-state index contributed by atoms with van der Waals surface area (Å²) in [7, 11) is 0. The van der Waals surface area contributed by atoms with Crippen LogP contribution in [-0.4, -0.2) is 47.1 Å². The monoisotopic (exact) mass is 269 g/mol. The molecule has 0 aliphatic heterocycles. The second-order valence-electron chi connectivity index (χ2n) is 4.22. The number of pyridine rings is 1. The van der Waals surface area contributed by atoms with Gasteiger partial charge in [-0.15, -0.1) is 0 Å². The quantitative estimate of drug-likeness (QED) is 0.756. The molecule has 1 rings (SSSR count). The van der Waals surface area contributed by atoms with Crippen molar-refractivity contribution in [1.82, 2.24) is 9.88 Å². The maximum atomic E-state index is 13.0. The van der Waals surface area contributed by atoms with Gasteiger partial charge in [-0.25, -0.2) is 14.2 Å². The highest BCUT2D eigenvalue weighted by molar-refractivity contribution is 5.93. The minimum absolute atomic E-state index is 0.140. The number of aromatic carboxylic acids is 1. The van der Waals surface area contributed by atoms with Crippen molar-refractivity contribution >= 4 is 11.8 Å². The van der Waals surface area contributed by atoms with E-state index in [2.05, 4.69) is 29.0 Å². The lowest BCUT2D eigenvalue weighted by atomic mass is 10.2. The van der Waals surface area contributed by atoms with E-state index >= 15 is 0 Å². The lowest BCUT2D eigenvalue weighted by Gasteiger charge is -2.19. The molecular formula is C13H20FN3O2. The third-order valence-electron chi connectivity index (χ3n) is 2.79. The largest absolute Gasteiger partial charge is 0.478 e. The number of nitrogens with zero attached hydrogens (tertiary/aromatic N) is 2. The van der Waals surface area contributed by atoms with Crippen LogP contribution in [-0.2, 0) is 0 Å². The third-order valence-corrected chi connectivity index (χ3v) is 2.79. The molecule has 5 nitrogen and oxygen atoms in total. The number of anilines is 1. The Morgan fingerprint density at radius 3 is 2.79 bits per heavy atom. The van der Waals surface area contributed by atoms with Gasteiger partial charge in [0.2, 0.25) is 0 Å². The van der Waals surface area contributed by atoms with Gasteiger partial charge in [0.05, 0.1) is 6.20 Å². The summed E-state index contributed by atoms with van der Waals surface area (Å²) in [5, 5.41) is 11.9. The maximum Gasteiger partial charge on any atom is 0.339 e. The predicted molar refractivity (Wildman–Crippen MR) is 72.0 cm³/mol. The van der Waals surface area contributed by atoms with Gasteiger partial charge in [-0.2, -0.15) is 0 Å². The number of hydrogen-bond donors (Lipinski definition) is 2. The Morgan fingerprint density at radius 1 is 1.47 bits per heavy atom. The first-order valence-corrected chi connectivity index (χ1v) is 6.43. The lowest BCUT2D eigenvalue weighted by Crippen LogP contribution is -2.30. The molecule has 0 aliphatic rings. The molecule has 0 saturated carbocycles. The van der Waals surface area contributed by atoms with Gasteiger partial charge in [-0.05, 0) is 25.6 Å². The van der Waals surface area contributed by atoms with E-state index in [0.717, 1.165) is 38.3 Å². The van der Waals surface area contributed by atoms with Crippen LogP contribution < -0.4 is 5.32 Å². The normalized spacial score (nSPS) is 10.7. The van der Waals surface area contributed by atoms with Gasteiger partial charge in [0.25, 0.3) is 0 Å². The number of aromatic nitrogens is 1. The second-order valence-corrected chi connectivity index (χ2v) is 4.22. The highest BCUT2D eigenvalue weighted by atomic mass is 19.1. The fourth-order valence-electron chi connectivity index (χ4n) is 1.82. The minimum Gasteiger partial charge on any atom is -0.478 e. The summed E-state index contributed by atoms with van der Waals surface area (Å²) in [6, 6.07) is 0.974. The summed E-state index contributed by atoms with van der Waals surface area (Å²) >= 11 is 0. The van der Waals surface area contributed by atoms with Gasteiger partial charge in [0, 0.05) is 13.1 Å². The molecule has 1 aromatic rings. The van der Waals surface area contributed by atoms with Crippen LogP contribution in [0, 0.1) is 5.82 Å². The molecule has 1 aromatic heterocycles. The van der Waals surface area contributed by atoms with Crippen molar-refractivity contribution in [2.75, 3.05) is 31.5 Å². The van der Waals surface area contributed by atoms with E-state index in [-0.39, 0.29) is 11.4 Å². The summed E-state index contributed by atoms with van der Waals surface area (Å²) in [4.78, 5) is 17.0. The molecule has 1 heterocycles. The smallest absolute Gasteiger partial charge is 0.339 e. The standard InChI is InChI=1S/C13H20FN3O2/c1-3-6-17(4-2)7-5-15-12-11(13(18)19)8-10(14)9-16-12/h8-9H,3-7H2,1-2H3,(H,15,16)(H,18,19). The van der Waals surface area contributed by atoms with Gasteiger partial charge in [-0.1, -0.05) is 13.8 Å². The maximum absolute atomic E-state index is 13.0. The topological polar surface area (TPSA) is 65.5 Å². The molecule has 0 aromatic carbocycles. The molecule has 0 unspecified atom stereocenters. The number of halogens is 1. The zero-order chi connectivity index (χ0) is 14.3. The van der Waals surface area contributed by atoms with E-state index in [1.165, 1.54) is 0 Å². The van der Waals surface area contributed by atoms with Crippen molar-refractivity contribution in [2.24, 2.45) is 0 Å². The van der Waals surface area contributed by atoms with Crippen LogP contribution >= 0.6 is 0 Å². The number of carboxylic acid groups (broad SMARTS) is 1. The average molecular weight is 269 g/mol. The third kappa shape index (κ3) is 4.82. The van der Waals surface area contributed by atoms with E-state index in [9.17, 15) is 9.18 Å². The fourth-order valence-corrected chi connectivity index (χ4v) is 1.82. The second kappa shape index (κ2) is 7.68. The van der Waals surface area contributed by atoms with Gasteiger partial charge in [-0.3, -0.25) is 0 Å². The van der Waals surface area contributed by atoms with Crippen LogP contribution in [0.4, 0.5) is 10.2 Å². The molecule has 0 spiro atoms. The van der Waals surface area contributed by atoms with Crippen molar-refractivity contribution < 1.29 is 14.3 Å². The van der Waals surface area contributed by atoms with Gasteiger partial charge in [0.1, 0.15) is 17.2 Å².